The van der Waals surface area contributed by atoms with Crippen LogP contribution in [-0.4, -0.2) is 49.6 Å². The van der Waals surface area contributed by atoms with Crippen molar-refractivity contribution in [1.29, 1.82) is 0 Å². The van der Waals surface area contributed by atoms with Crippen molar-refractivity contribution in [2.75, 3.05) is 27.8 Å². The van der Waals surface area contributed by atoms with Crippen molar-refractivity contribution in [2.45, 2.75) is 6.54 Å². The van der Waals surface area contributed by atoms with Crippen LogP contribution in [0, 0.1) is 0 Å². The van der Waals surface area contributed by atoms with Crippen LogP contribution in [-0.2, 0) is 11.3 Å². The molecule has 7 nitrogen and oxygen atoms in total. The van der Waals surface area contributed by atoms with Crippen LogP contribution in [0.25, 0.3) is 0 Å². The Morgan fingerprint density at radius 2 is 1.89 bits per heavy atom. The van der Waals surface area contributed by atoms with E-state index in [2.05, 4.69) is 5.32 Å². The summed E-state index contributed by atoms with van der Waals surface area (Å²) >= 11 is 5.86. The molecular weight excluding hydrogens is 372 g/mol. The first-order valence-corrected chi connectivity index (χ1v) is 8.46. The number of likely N-dealkylation sites (N-methyl/N-ethyl adjacent to an activating group) is 1. The Morgan fingerprint density at radius 1 is 1.15 bits per heavy atom. The largest absolute Gasteiger partial charge is 0.507 e. The number of phenolic OH excluding ortho intramolecular Hbond substituents is 1. The number of benzene rings is 2. The van der Waals surface area contributed by atoms with Gasteiger partial charge in [0.1, 0.15) is 5.75 Å². The van der Waals surface area contributed by atoms with Crippen LogP contribution < -0.4 is 14.8 Å². The standard InChI is InChI=1S/C19H21ClN2O5/c1-22(2)18(24)11-27-16-7-4-12(8-17(16)26-3)10-21-19(25)14-9-13(20)5-6-15(14)23/h4-9,23H,10-11H2,1-3H3,(H,21,25). The van der Waals surface area contributed by atoms with Gasteiger partial charge in [-0.3, -0.25) is 9.59 Å². The van der Waals surface area contributed by atoms with Gasteiger partial charge < -0.3 is 24.8 Å². The maximum atomic E-state index is 12.2. The summed E-state index contributed by atoms with van der Waals surface area (Å²) in [4.78, 5) is 25.3. The third-order valence-electron chi connectivity index (χ3n) is 3.73. The second-order valence-electron chi connectivity index (χ2n) is 5.91. The molecular formula is C19H21ClN2O5. The highest BCUT2D eigenvalue weighted by Crippen LogP contribution is 2.28. The van der Waals surface area contributed by atoms with Crippen molar-refractivity contribution < 1.29 is 24.2 Å². The molecule has 2 rings (SSSR count). The molecule has 0 aliphatic carbocycles. The number of halogens is 1. The van der Waals surface area contributed by atoms with E-state index in [-0.39, 0.29) is 30.4 Å². The zero-order valence-electron chi connectivity index (χ0n) is 15.3. The molecule has 2 aromatic carbocycles. The average molecular weight is 393 g/mol. The first kappa shape index (κ1) is 20.4. The molecule has 0 atom stereocenters. The predicted molar refractivity (Wildman–Crippen MR) is 101 cm³/mol. The molecule has 0 saturated heterocycles. The Morgan fingerprint density at radius 3 is 2.56 bits per heavy atom. The van der Waals surface area contributed by atoms with E-state index in [4.69, 9.17) is 21.1 Å². The van der Waals surface area contributed by atoms with Gasteiger partial charge in [-0.1, -0.05) is 17.7 Å². The van der Waals surface area contributed by atoms with Gasteiger partial charge in [-0.15, -0.1) is 0 Å². The fourth-order valence-corrected chi connectivity index (χ4v) is 2.35. The molecule has 0 aliphatic heterocycles. The minimum absolute atomic E-state index is 0.0941. The summed E-state index contributed by atoms with van der Waals surface area (Å²) in [7, 11) is 4.78. The molecule has 8 heteroatoms. The number of rotatable bonds is 7. The number of hydrogen-bond acceptors (Lipinski definition) is 5. The summed E-state index contributed by atoms with van der Waals surface area (Å²) in [5.74, 6) is 0.0959. The summed E-state index contributed by atoms with van der Waals surface area (Å²) in [5.41, 5.74) is 0.852. The van der Waals surface area contributed by atoms with Crippen molar-refractivity contribution in [3.8, 4) is 17.2 Å². The molecule has 144 valence electrons. The highest BCUT2D eigenvalue weighted by Gasteiger charge is 2.13. The third kappa shape index (κ3) is 5.52. The number of carbonyl (C=O) groups excluding carboxylic acids is 2. The second-order valence-corrected chi connectivity index (χ2v) is 6.34. The Balaban J connectivity index is 2.03. The van der Waals surface area contributed by atoms with Gasteiger partial charge in [-0.2, -0.15) is 0 Å². The molecule has 0 bridgehead atoms. The van der Waals surface area contributed by atoms with E-state index >= 15 is 0 Å². The highest BCUT2D eigenvalue weighted by atomic mass is 35.5. The summed E-state index contributed by atoms with van der Waals surface area (Å²) in [6, 6.07) is 9.37. The maximum absolute atomic E-state index is 12.2. The minimum Gasteiger partial charge on any atom is -0.507 e. The second kappa shape index (κ2) is 9.14. The number of methoxy groups -OCH3 is 1. The Bertz CT molecular complexity index is 839. The van der Waals surface area contributed by atoms with Gasteiger partial charge in [0.25, 0.3) is 11.8 Å². The van der Waals surface area contributed by atoms with Crippen LogP contribution >= 0.6 is 11.6 Å². The van der Waals surface area contributed by atoms with E-state index in [0.717, 1.165) is 5.56 Å². The van der Waals surface area contributed by atoms with Crippen molar-refractivity contribution in [1.82, 2.24) is 10.2 Å². The lowest BCUT2D eigenvalue weighted by Gasteiger charge is -2.14. The molecule has 27 heavy (non-hydrogen) atoms. The summed E-state index contributed by atoms with van der Waals surface area (Å²) in [6.07, 6.45) is 0. The summed E-state index contributed by atoms with van der Waals surface area (Å²) in [5, 5.41) is 12.8. The lowest BCUT2D eigenvalue weighted by Crippen LogP contribution is -2.27. The molecule has 0 spiro atoms. The van der Waals surface area contributed by atoms with Crippen LogP contribution in [0.4, 0.5) is 0 Å². The van der Waals surface area contributed by atoms with Crippen LogP contribution in [0.15, 0.2) is 36.4 Å². The number of carbonyl (C=O) groups is 2. The van der Waals surface area contributed by atoms with E-state index in [1.54, 1.807) is 32.3 Å². The first-order chi connectivity index (χ1) is 12.8. The molecule has 2 amide bonds. The smallest absolute Gasteiger partial charge is 0.259 e. The monoisotopic (exact) mass is 392 g/mol. The number of aromatic hydroxyl groups is 1. The minimum atomic E-state index is -0.453. The molecule has 0 fully saturated rings. The molecule has 0 aromatic heterocycles. The van der Waals surface area contributed by atoms with Gasteiger partial charge in [-0.05, 0) is 35.9 Å². The fraction of sp³-hybridized carbons (Fsp3) is 0.263. The van der Waals surface area contributed by atoms with E-state index < -0.39 is 5.91 Å². The fourth-order valence-electron chi connectivity index (χ4n) is 2.18. The van der Waals surface area contributed by atoms with Crippen LogP contribution in [0.1, 0.15) is 15.9 Å². The SMILES string of the molecule is COc1cc(CNC(=O)c2cc(Cl)ccc2O)ccc1OCC(=O)N(C)C. The zero-order chi connectivity index (χ0) is 20.0. The predicted octanol–water partition coefficient (Wildman–Crippen LogP) is 2.45. The number of hydrogen-bond donors (Lipinski definition) is 2. The first-order valence-electron chi connectivity index (χ1n) is 8.08. The normalized spacial score (nSPS) is 10.2. The summed E-state index contributed by atoms with van der Waals surface area (Å²) < 4.78 is 10.8. The third-order valence-corrected chi connectivity index (χ3v) is 3.97. The number of nitrogens with zero attached hydrogens (tertiary/aromatic N) is 1. The van der Waals surface area contributed by atoms with Gasteiger partial charge in [0.05, 0.1) is 12.7 Å². The molecule has 0 radical (unpaired) electrons. The number of ether oxygens (including phenoxy) is 2. The van der Waals surface area contributed by atoms with E-state index in [1.807, 2.05) is 0 Å². The Hall–Kier alpha value is -2.93. The van der Waals surface area contributed by atoms with Gasteiger partial charge in [-0.25, -0.2) is 0 Å². The molecule has 0 saturated carbocycles. The molecule has 2 aromatic rings. The van der Waals surface area contributed by atoms with Crippen LogP contribution in [0.5, 0.6) is 17.2 Å². The molecule has 0 unspecified atom stereocenters. The quantitative estimate of drug-likeness (QED) is 0.755. The van der Waals surface area contributed by atoms with Crippen LogP contribution in [0.3, 0.4) is 0 Å². The van der Waals surface area contributed by atoms with E-state index in [9.17, 15) is 14.7 Å². The van der Waals surface area contributed by atoms with Gasteiger partial charge in [0, 0.05) is 25.7 Å². The van der Waals surface area contributed by atoms with Crippen molar-refractivity contribution in [3.63, 3.8) is 0 Å². The average Bonchev–Trinajstić information content (AvgIpc) is 2.66. The molecule has 0 heterocycles. The number of amides is 2. The molecule has 0 aliphatic rings. The van der Waals surface area contributed by atoms with Crippen molar-refractivity contribution >= 4 is 23.4 Å². The van der Waals surface area contributed by atoms with Crippen molar-refractivity contribution in [2.24, 2.45) is 0 Å². The van der Waals surface area contributed by atoms with E-state index in [0.29, 0.717) is 16.5 Å². The van der Waals surface area contributed by atoms with Crippen molar-refractivity contribution in [3.05, 3.63) is 52.5 Å². The topological polar surface area (TPSA) is 88.1 Å². The number of phenols is 1. The maximum Gasteiger partial charge on any atom is 0.259 e. The zero-order valence-corrected chi connectivity index (χ0v) is 16.0. The van der Waals surface area contributed by atoms with Crippen LogP contribution in [0.2, 0.25) is 5.02 Å². The number of nitrogens with one attached hydrogen (secondary N) is 1. The van der Waals surface area contributed by atoms with Gasteiger partial charge in [0.15, 0.2) is 18.1 Å². The summed E-state index contributed by atoms with van der Waals surface area (Å²) in [6.45, 7) is 0.103. The van der Waals surface area contributed by atoms with Gasteiger partial charge in [0.2, 0.25) is 0 Å². The lowest BCUT2D eigenvalue weighted by atomic mass is 10.1. The van der Waals surface area contributed by atoms with E-state index in [1.165, 1.54) is 30.2 Å². The Labute approximate surface area is 162 Å². The molecule has 2 N–H and O–H groups in total. The Kier molecular flexibility index (Phi) is 6.90. The van der Waals surface area contributed by atoms with Gasteiger partial charge >= 0.3 is 0 Å². The lowest BCUT2D eigenvalue weighted by molar-refractivity contribution is -0.130. The highest BCUT2D eigenvalue weighted by molar-refractivity contribution is 6.31.